The van der Waals surface area contributed by atoms with Crippen molar-refractivity contribution >= 4 is 30.0 Å². The number of amides is 5. The average Bonchev–Trinajstić information content (AvgIpc) is 3.62. The Kier molecular flexibility index (Phi) is 48.3. The minimum absolute atomic E-state index is 0.0384. The van der Waals surface area contributed by atoms with Crippen molar-refractivity contribution in [2.45, 2.75) is 158 Å². The number of urea groups is 1. The number of hydrogen-bond donors (Lipinski definition) is 4. The van der Waals surface area contributed by atoms with E-state index >= 15 is 0 Å². The molecule has 0 aromatic carbocycles. The highest BCUT2D eigenvalue weighted by atomic mass is 16.2. The smallest absolute Gasteiger partial charge is 0.315 e. The molecule has 1 aliphatic carbocycles. The number of Topliss-reactive ketones (excluding diaryl/α,β-unsaturated/α-hetero) is 1. The summed E-state index contributed by atoms with van der Waals surface area (Å²) in [7, 11) is 1.58. The number of likely N-dealkylation sites (tertiary alicyclic amines) is 1. The zero-order valence-electron chi connectivity index (χ0n) is 35.7. The second kappa shape index (κ2) is 44.0. The van der Waals surface area contributed by atoms with Crippen LogP contribution < -0.4 is 21.3 Å². The highest BCUT2D eigenvalue weighted by molar-refractivity contribution is 6.38. The molecule has 4 atom stereocenters. The lowest BCUT2D eigenvalue weighted by Crippen LogP contribution is -2.54. The van der Waals surface area contributed by atoms with Crippen LogP contribution in [0.25, 0.3) is 0 Å². The van der Waals surface area contributed by atoms with Gasteiger partial charge in [0.2, 0.25) is 18.1 Å². The van der Waals surface area contributed by atoms with E-state index in [1.807, 2.05) is 52.5 Å². The lowest BCUT2D eigenvalue weighted by molar-refractivity contribution is -0.139. The first-order chi connectivity index (χ1) is 25.5. The van der Waals surface area contributed by atoms with Gasteiger partial charge < -0.3 is 26.2 Å². The third-order valence-corrected chi connectivity index (χ3v) is 6.90. The van der Waals surface area contributed by atoms with Crippen molar-refractivity contribution in [1.82, 2.24) is 26.2 Å². The molecule has 1 heterocycles. The van der Waals surface area contributed by atoms with Crippen molar-refractivity contribution in [2.75, 3.05) is 20.1 Å². The van der Waals surface area contributed by atoms with Crippen LogP contribution in [0.1, 0.15) is 140 Å². The van der Waals surface area contributed by atoms with Crippen LogP contribution in [-0.4, -0.2) is 73.2 Å². The second-order valence-corrected chi connectivity index (χ2v) is 11.4. The molecule has 1 saturated heterocycles. The van der Waals surface area contributed by atoms with Crippen molar-refractivity contribution in [3.05, 3.63) is 49.1 Å². The van der Waals surface area contributed by atoms with Crippen molar-refractivity contribution in [3.8, 4) is 12.3 Å². The van der Waals surface area contributed by atoms with Crippen LogP contribution in [-0.2, 0) is 19.2 Å². The first-order valence-corrected chi connectivity index (χ1v) is 19.9. The van der Waals surface area contributed by atoms with Crippen LogP contribution in [0.3, 0.4) is 0 Å². The van der Waals surface area contributed by atoms with Gasteiger partial charge in [-0.25, -0.2) is 4.79 Å². The topological polar surface area (TPSA) is 137 Å². The van der Waals surface area contributed by atoms with Crippen molar-refractivity contribution in [3.63, 3.8) is 0 Å². The number of rotatable bonds is 11. The first-order valence-electron chi connectivity index (χ1n) is 19.9. The average molecular weight is 746 g/mol. The molecule has 10 heteroatoms. The molecule has 4 N–H and O–H groups in total. The third kappa shape index (κ3) is 31.1. The van der Waals surface area contributed by atoms with Crippen LogP contribution in [0.5, 0.6) is 0 Å². The van der Waals surface area contributed by atoms with Crippen LogP contribution in [0.4, 0.5) is 4.79 Å². The fourth-order valence-electron chi connectivity index (χ4n) is 4.67. The second-order valence-electron chi connectivity index (χ2n) is 11.4. The van der Waals surface area contributed by atoms with Gasteiger partial charge in [-0.15, -0.1) is 18.9 Å². The summed E-state index contributed by atoms with van der Waals surface area (Å²) in [5, 5.41) is 10.1. The summed E-state index contributed by atoms with van der Waals surface area (Å²) >= 11 is 0. The number of carbonyl (C=O) groups excluding carboxylic acids is 5. The van der Waals surface area contributed by atoms with Gasteiger partial charge >= 0.3 is 6.03 Å². The highest BCUT2D eigenvalue weighted by Crippen LogP contribution is 2.26. The summed E-state index contributed by atoms with van der Waals surface area (Å²) in [6, 6.07) is -1.44. The lowest BCUT2D eigenvalue weighted by atomic mass is 9.86. The Morgan fingerprint density at radius 2 is 1.58 bits per heavy atom. The van der Waals surface area contributed by atoms with E-state index in [-0.39, 0.29) is 36.9 Å². The molecule has 0 aromatic heterocycles. The molecule has 0 aromatic rings. The van der Waals surface area contributed by atoms with Gasteiger partial charge in [-0.05, 0) is 57.8 Å². The Labute approximate surface area is 325 Å². The maximum absolute atomic E-state index is 13.2. The molecule has 0 bridgehead atoms. The molecule has 0 radical (unpaired) electrons. The van der Waals surface area contributed by atoms with Gasteiger partial charge in [-0.2, -0.15) is 0 Å². The van der Waals surface area contributed by atoms with Crippen LogP contribution in [0.15, 0.2) is 49.1 Å². The fourth-order valence-corrected chi connectivity index (χ4v) is 4.67. The highest BCUT2D eigenvalue weighted by Gasteiger charge is 2.36. The molecule has 0 spiro atoms. The minimum atomic E-state index is -0.863. The van der Waals surface area contributed by atoms with E-state index in [1.165, 1.54) is 18.9 Å². The normalized spacial score (nSPS) is 17.5. The van der Waals surface area contributed by atoms with E-state index in [2.05, 4.69) is 93.2 Å². The lowest BCUT2D eigenvalue weighted by Gasteiger charge is -2.32. The number of nitrogens with one attached hydrogen (secondary N) is 4. The number of terminal acetylenes is 1. The molecule has 1 fully saturated rings. The van der Waals surface area contributed by atoms with Gasteiger partial charge in [0.1, 0.15) is 6.04 Å². The number of ketones is 1. The molecule has 0 saturated carbocycles. The molecule has 5 amide bonds. The standard InChI is InChI=1S/C20H31N3O2.C11H14N2O3.2C3H8.3C2H6/c1-15-10-7-5-4-6-8-12-17(14-15)18(22-20(25)21-3)19(24)23-13-9-11-16(23)2;1-3-5-6-9(13-8-14)10(15)11(16)12-7-4-2;2*1-3-2;3*1-2/h4,6-7,10,16-18H,1,5,8-9,11-14H2,2-3H3,(H2,21,22,25);1,4,8-9H,2,5-7H2,(H,12,16)(H,13,14);2*3H2,1-2H3;3*1-2H3/b6-4-,10-7-;;;;;;. The number of nitrogens with zero attached hydrogens (tertiary/aromatic N) is 1. The maximum Gasteiger partial charge on any atom is 0.315 e. The molecule has 2 rings (SSSR count). The van der Waals surface area contributed by atoms with Gasteiger partial charge in [0, 0.05) is 32.6 Å². The fraction of sp³-hybridized carbons (Fsp3) is 0.651. The Bertz CT molecular complexity index is 1060. The number of allylic oxidation sites excluding steroid dienone is 5. The quantitative estimate of drug-likeness (QED) is 0.0729. The van der Waals surface area contributed by atoms with E-state index < -0.39 is 23.8 Å². The number of carbonyl (C=O) groups is 5. The molecule has 1 aliphatic heterocycles. The molecular weight excluding hydrogens is 667 g/mol. The molecule has 4 unspecified atom stereocenters. The molecule has 10 nitrogen and oxygen atoms in total. The Hall–Kier alpha value is -4.13. The molecular formula is C43H79N5O5. The van der Waals surface area contributed by atoms with Crippen LogP contribution >= 0.6 is 0 Å². The van der Waals surface area contributed by atoms with E-state index in [9.17, 15) is 24.0 Å². The third-order valence-electron chi connectivity index (χ3n) is 6.90. The number of hydrogen-bond acceptors (Lipinski definition) is 5. The molecule has 306 valence electrons. The van der Waals surface area contributed by atoms with E-state index in [0.717, 1.165) is 44.2 Å². The SMILES string of the molecule is C#CCCC(NC=O)C(=O)C(=O)NCC=C.C=C1/C=C\C/C=C\CCC(C(NC(=O)NC)C(=O)N2CCCC2C)C1.CC.CC.CC.CCC.CCC. The van der Waals surface area contributed by atoms with E-state index in [1.54, 1.807) is 7.05 Å². The summed E-state index contributed by atoms with van der Waals surface area (Å²) in [4.78, 5) is 60.1. The molecule has 53 heavy (non-hydrogen) atoms. The zero-order valence-corrected chi connectivity index (χ0v) is 35.7. The molecule has 2 aliphatic rings. The summed E-state index contributed by atoms with van der Waals surface area (Å²) in [6.45, 7) is 31.1. The Morgan fingerprint density at radius 1 is 1.00 bits per heavy atom. The largest absolute Gasteiger partial charge is 0.348 e. The summed E-state index contributed by atoms with van der Waals surface area (Å²) < 4.78 is 0. The van der Waals surface area contributed by atoms with Crippen molar-refractivity contribution < 1.29 is 24.0 Å². The van der Waals surface area contributed by atoms with E-state index in [0.29, 0.717) is 19.3 Å². The first kappa shape index (κ1) is 58.2. The Balaban J connectivity index is -0.000000236. The summed E-state index contributed by atoms with van der Waals surface area (Å²) in [6.07, 6.45) is 23.8. The summed E-state index contributed by atoms with van der Waals surface area (Å²) in [5.74, 6) is 0.957. The summed E-state index contributed by atoms with van der Waals surface area (Å²) in [5.41, 5.74) is 1.01. The van der Waals surface area contributed by atoms with Crippen molar-refractivity contribution in [2.24, 2.45) is 5.92 Å². The predicted molar refractivity (Wildman–Crippen MR) is 226 cm³/mol. The zero-order chi connectivity index (χ0) is 42.0. The van der Waals surface area contributed by atoms with E-state index in [4.69, 9.17) is 6.42 Å². The van der Waals surface area contributed by atoms with Gasteiger partial charge in [-0.3, -0.25) is 19.2 Å². The van der Waals surface area contributed by atoms with Gasteiger partial charge in [0.05, 0.1) is 6.04 Å². The van der Waals surface area contributed by atoms with Gasteiger partial charge in [-0.1, -0.05) is 125 Å². The Morgan fingerprint density at radius 3 is 2.06 bits per heavy atom. The minimum Gasteiger partial charge on any atom is -0.348 e. The van der Waals surface area contributed by atoms with Crippen molar-refractivity contribution in [1.29, 1.82) is 0 Å². The van der Waals surface area contributed by atoms with Crippen LogP contribution in [0, 0.1) is 18.3 Å². The van der Waals surface area contributed by atoms with Gasteiger partial charge in [0.25, 0.3) is 5.91 Å². The van der Waals surface area contributed by atoms with Gasteiger partial charge in [0.15, 0.2) is 0 Å². The predicted octanol–water partition coefficient (Wildman–Crippen LogP) is 8.45. The van der Waals surface area contributed by atoms with Crippen LogP contribution in [0.2, 0.25) is 0 Å². The maximum atomic E-state index is 13.2. The monoisotopic (exact) mass is 746 g/mol.